The second-order valence-corrected chi connectivity index (χ2v) is 11.2. The van der Waals surface area contributed by atoms with Crippen LogP contribution in [0, 0.1) is 12.8 Å². The van der Waals surface area contributed by atoms with Gasteiger partial charge in [0, 0.05) is 19.3 Å². The Bertz CT molecular complexity index is 1100. The van der Waals surface area contributed by atoms with Crippen LogP contribution in [0.5, 0.6) is 0 Å². The molecule has 1 aliphatic heterocycles. The Morgan fingerprint density at radius 2 is 1.82 bits per heavy atom. The first-order chi connectivity index (χ1) is 15.4. The van der Waals surface area contributed by atoms with E-state index in [-0.39, 0.29) is 16.9 Å². The second-order valence-electron chi connectivity index (χ2n) is 9.35. The van der Waals surface area contributed by atoms with Crippen LogP contribution in [0.1, 0.15) is 50.8 Å². The minimum Gasteiger partial charge on any atom is -0.469 e. The van der Waals surface area contributed by atoms with Gasteiger partial charge in [0.05, 0.1) is 17.7 Å². The van der Waals surface area contributed by atoms with E-state index < -0.39 is 27.5 Å². The molecule has 1 aliphatic rings. The fourth-order valence-corrected chi connectivity index (χ4v) is 4.76. The number of aryl methyl sites for hydroxylation is 1. The number of aromatic nitrogens is 2. The van der Waals surface area contributed by atoms with E-state index >= 15 is 0 Å². The largest absolute Gasteiger partial charge is 0.469 e. The van der Waals surface area contributed by atoms with Crippen LogP contribution in [0.3, 0.4) is 0 Å². The lowest BCUT2D eigenvalue weighted by atomic mass is 9.89. The number of likely N-dealkylation sites (tertiary alicyclic amines) is 1. The van der Waals surface area contributed by atoms with Gasteiger partial charge in [-0.25, -0.2) is 22.2 Å². The predicted octanol–water partition coefficient (Wildman–Crippen LogP) is 3.33. The number of amides is 1. The SMILES string of the molecule is COC(=O)C(CCC1CN(C(=O)OC(C)(C)C)C1)c1cn(S(=O)(=O)c2ccc(C)cc2)cn1. The first-order valence-corrected chi connectivity index (χ1v) is 12.3. The van der Waals surface area contributed by atoms with E-state index in [1.807, 2.05) is 27.7 Å². The van der Waals surface area contributed by atoms with Crippen LogP contribution >= 0.6 is 0 Å². The van der Waals surface area contributed by atoms with E-state index in [0.29, 0.717) is 31.6 Å². The van der Waals surface area contributed by atoms with Gasteiger partial charge in [-0.05, 0) is 58.6 Å². The van der Waals surface area contributed by atoms with Crippen LogP contribution in [0.2, 0.25) is 0 Å². The molecule has 0 spiro atoms. The average Bonchev–Trinajstić information content (AvgIpc) is 3.18. The third-order valence-corrected chi connectivity index (χ3v) is 7.11. The second kappa shape index (κ2) is 9.54. The monoisotopic (exact) mass is 477 g/mol. The first kappa shape index (κ1) is 24.8. The van der Waals surface area contributed by atoms with Gasteiger partial charge in [0.15, 0.2) is 0 Å². The van der Waals surface area contributed by atoms with E-state index in [1.54, 1.807) is 17.0 Å². The van der Waals surface area contributed by atoms with Gasteiger partial charge in [0.1, 0.15) is 17.8 Å². The summed E-state index contributed by atoms with van der Waals surface area (Å²) in [5, 5.41) is 0. The summed E-state index contributed by atoms with van der Waals surface area (Å²) in [7, 11) is -2.52. The van der Waals surface area contributed by atoms with Crippen LogP contribution in [-0.4, -0.2) is 60.1 Å². The number of benzene rings is 1. The summed E-state index contributed by atoms with van der Waals surface area (Å²) in [5.74, 6) is -0.945. The zero-order valence-electron chi connectivity index (χ0n) is 19.6. The highest BCUT2D eigenvalue weighted by Crippen LogP contribution is 2.29. The molecule has 1 amide bonds. The minimum atomic E-state index is -3.81. The van der Waals surface area contributed by atoms with Gasteiger partial charge < -0.3 is 14.4 Å². The highest BCUT2D eigenvalue weighted by atomic mass is 32.2. The van der Waals surface area contributed by atoms with Crippen molar-refractivity contribution >= 4 is 22.1 Å². The van der Waals surface area contributed by atoms with Crippen LogP contribution in [0.15, 0.2) is 41.7 Å². The summed E-state index contributed by atoms with van der Waals surface area (Å²) in [6.07, 6.45) is 3.32. The van der Waals surface area contributed by atoms with Crippen LogP contribution in [0.4, 0.5) is 4.79 Å². The van der Waals surface area contributed by atoms with Gasteiger partial charge in [-0.15, -0.1) is 0 Å². The summed E-state index contributed by atoms with van der Waals surface area (Å²) in [6.45, 7) is 8.45. The van der Waals surface area contributed by atoms with Crippen molar-refractivity contribution in [1.29, 1.82) is 0 Å². The molecule has 1 aromatic heterocycles. The van der Waals surface area contributed by atoms with E-state index in [4.69, 9.17) is 9.47 Å². The topological polar surface area (TPSA) is 108 Å². The molecule has 9 nitrogen and oxygen atoms in total. The highest BCUT2D eigenvalue weighted by Gasteiger charge is 2.35. The zero-order chi connectivity index (χ0) is 24.4. The van der Waals surface area contributed by atoms with Gasteiger partial charge in [0.25, 0.3) is 10.0 Å². The molecule has 0 aliphatic carbocycles. The first-order valence-electron chi connectivity index (χ1n) is 10.8. The van der Waals surface area contributed by atoms with Crippen molar-refractivity contribution in [2.45, 2.75) is 57.0 Å². The third kappa shape index (κ3) is 5.93. The fraction of sp³-hybridized carbons (Fsp3) is 0.522. The number of hydrogen-bond acceptors (Lipinski definition) is 7. The molecule has 33 heavy (non-hydrogen) atoms. The van der Waals surface area contributed by atoms with Gasteiger partial charge in [-0.2, -0.15) is 0 Å². The maximum Gasteiger partial charge on any atom is 0.410 e. The molecule has 10 heteroatoms. The Balaban J connectivity index is 1.65. The Hall–Kier alpha value is -2.88. The minimum absolute atomic E-state index is 0.142. The highest BCUT2D eigenvalue weighted by molar-refractivity contribution is 7.90. The van der Waals surface area contributed by atoms with Crippen molar-refractivity contribution in [3.8, 4) is 0 Å². The fourth-order valence-electron chi connectivity index (χ4n) is 3.62. The molecular formula is C23H31N3O6S. The van der Waals surface area contributed by atoms with Gasteiger partial charge in [-0.3, -0.25) is 4.79 Å². The standard InChI is InChI=1S/C23H31N3O6S/c1-16-6-9-18(10-7-16)33(29,30)26-14-20(24-15-26)19(21(27)31-5)11-8-17-12-25(13-17)22(28)32-23(2,3)4/h6-7,9-10,14-15,17,19H,8,11-13H2,1-5H3. The maximum absolute atomic E-state index is 12.9. The number of carbonyl (C=O) groups is 2. The lowest BCUT2D eigenvalue weighted by Gasteiger charge is -2.40. The molecule has 0 N–H and O–H groups in total. The normalized spacial score (nSPS) is 15.6. The molecule has 2 heterocycles. The number of hydrogen-bond donors (Lipinski definition) is 0. The van der Waals surface area contributed by atoms with Crippen molar-refractivity contribution in [3.63, 3.8) is 0 Å². The summed E-state index contributed by atoms with van der Waals surface area (Å²) in [5.41, 5.74) is 0.740. The quantitative estimate of drug-likeness (QED) is 0.563. The molecule has 0 saturated carbocycles. The molecule has 1 fully saturated rings. The van der Waals surface area contributed by atoms with Crippen molar-refractivity contribution < 1.29 is 27.5 Å². The van der Waals surface area contributed by atoms with Crippen molar-refractivity contribution in [1.82, 2.24) is 13.9 Å². The molecule has 2 aromatic rings. The average molecular weight is 478 g/mol. The Morgan fingerprint density at radius 1 is 1.18 bits per heavy atom. The number of nitrogens with zero attached hydrogens (tertiary/aromatic N) is 3. The Labute approximate surface area is 194 Å². The number of imidazole rings is 1. The van der Waals surface area contributed by atoms with Gasteiger partial charge in [-0.1, -0.05) is 17.7 Å². The number of rotatable bonds is 7. The van der Waals surface area contributed by atoms with Crippen molar-refractivity contribution in [2.75, 3.05) is 20.2 Å². The van der Waals surface area contributed by atoms with Gasteiger partial charge in [0.2, 0.25) is 0 Å². The van der Waals surface area contributed by atoms with Crippen molar-refractivity contribution in [2.24, 2.45) is 5.92 Å². The maximum atomic E-state index is 12.9. The lowest BCUT2D eigenvalue weighted by Crippen LogP contribution is -2.51. The molecular weight excluding hydrogens is 446 g/mol. The van der Waals surface area contributed by atoms with Gasteiger partial charge >= 0.3 is 12.1 Å². The molecule has 3 rings (SSSR count). The summed E-state index contributed by atoms with van der Waals surface area (Å²) in [6, 6.07) is 6.52. The third-order valence-electron chi connectivity index (χ3n) is 5.49. The van der Waals surface area contributed by atoms with Crippen LogP contribution in [-0.2, 0) is 24.3 Å². The van der Waals surface area contributed by atoms with Crippen molar-refractivity contribution in [3.05, 3.63) is 48.0 Å². The van der Waals surface area contributed by atoms with E-state index in [1.165, 1.54) is 31.8 Å². The molecule has 180 valence electrons. The number of carbonyl (C=O) groups excluding carboxylic acids is 2. The predicted molar refractivity (Wildman–Crippen MR) is 121 cm³/mol. The molecule has 1 unspecified atom stereocenters. The molecule has 0 radical (unpaired) electrons. The Kier molecular flexibility index (Phi) is 7.16. The summed E-state index contributed by atoms with van der Waals surface area (Å²) >= 11 is 0. The number of esters is 1. The van der Waals surface area contributed by atoms with E-state index in [2.05, 4.69) is 4.98 Å². The van der Waals surface area contributed by atoms with Crippen LogP contribution < -0.4 is 0 Å². The lowest BCUT2D eigenvalue weighted by molar-refractivity contribution is -0.142. The molecule has 0 bridgehead atoms. The Morgan fingerprint density at radius 3 is 2.39 bits per heavy atom. The van der Waals surface area contributed by atoms with E-state index in [9.17, 15) is 18.0 Å². The van der Waals surface area contributed by atoms with E-state index in [0.717, 1.165) is 9.54 Å². The summed E-state index contributed by atoms with van der Waals surface area (Å²) < 4.78 is 37.1. The molecule has 1 aromatic carbocycles. The molecule has 1 atom stereocenters. The number of methoxy groups -OCH3 is 1. The summed E-state index contributed by atoms with van der Waals surface area (Å²) in [4.78, 5) is 30.5. The zero-order valence-corrected chi connectivity index (χ0v) is 20.5. The molecule has 1 saturated heterocycles. The van der Waals surface area contributed by atoms with Crippen LogP contribution in [0.25, 0.3) is 0 Å². The smallest absolute Gasteiger partial charge is 0.410 e. The number of ether oxygens (including phenoxy) is 2.